The number of anilines is 3. The van der Waals surface area contributed by atoms with Gasteiger partial charge in [0.1, 0.15) is 11.6 Å². The molecular weight excluding hydrogens is 298 g/mol. The zero-order valence-corrected chi connectivity index (χ0v) is 13.4. The molecule has 0 saturated carbocycles. The van der Waals surface area contributed by atoms with E-state index in [0.717, 1.165) is 16.8 Å². The minimum absolute atomic E-state index is 0.0434. The highest BCUT2D eigenvalue weighted by molar-refractivity contribution is 7.99. The predicted octanol–water partition coefficient (Wildman–Crippen LogP) is 2.38. The van der Waals surface area contributed by atoms with Crippen molar-refractivity contribution in [2.45, 2.75) is 25.4 Å². The van der Waals surface area contributed by atoms with E-state index in [2.05, 4.69) is 15.3 Å². The van der Waals surface area contributed by atoms with Crippen molar-refractivity contribution in [3.05, 3.63) is 35.4 Å². The second kappa shape index (κ2) is 7.13. The lowest BCUT2D eigenvalue weighted by Gasteiger charge is -2.09. The van der Waals surface area contributed by atoms with Crippen molar-refractivity contribution >= 4 is 35.0 Å². The molecule has 0 aliphatic carbocycles. The lowest BCUT2D eigenvalue weighted by Crippen LogP contribution is -2.13. The molecule has 0 saturated heterocycles. The number of amides is 1. The Labute approximate surface area is 133 Å². The molecule has 2 aromatic rings. The highest BCUT2D eigenvalue weighted by Crippen LogP contribution is 2.19. The maximum absolute atomic E-state index is 12.0. The van der Waals surface area contributed by atoms with Gasteiger partial charge >= 0.3 is 0 Å². The number of nitrogens with zero attached hydrogens (tertiary/aromatic N) is 2. The summed E-state index contributed by atoms with van der Waals surface area (Å²) >= 11 is 1.35. The van der Waals surface area contributed by atoms with Gasteiger partial charge < -0.3 is 16.8 Å². The number of carbonyl (C=O) groups is 1. The lowest BCUT2D eigenvalue weighted by molar-refractivity contribution is -0.115. The van der Waals surface area contributed by atoms with E-state index in [1.807, 2.05) is 32.0 Å². The van der Waals surface area contributed by atoms with Crippen LogP contribution in [0.25, 0.3) is 0 Å². The van der Waals surface area contributed by atoms with Crippen LogP contribution < -0.4 is 16.8 Å². The number of thioether (sulfide) groups is 1. The van der Waals surface area contributed by atoms with E-state index < -0.39 is 0 Å². The first kappa shape index (κ1) is 16.1. The second-order valence-corrected chi connectivity index (χ2v) is 6.03. The molecule has 1 heterocycles. The van der Waals surface area contributed by atoms with E-state index in [0.29, 0.717) is 29.0 Å². The lowest BCUT2D eigenvalue weighted by atomic mass is 10.1. The van der Waals surface area contributed by atoms with Crippen LogP contribution in [0.2, 0.25) is 0 Å². The molecule has 22 heavy (non-hydrogen) atoms. The fourth-order valence-electron chi connectivity index (χ4n) is 1.84. The Morgan fingerprint density at radius 1 is 1.18 bits per heavy atom. The standard InChI is InChI=1S/C15H19N5OS/c1-9-3-4-10(2)11(7-9)18-14(21)5-6-22-15-19-12(16)8-13(17)20-15/h3-4,7-8H,5-6H2,1-2H3,(H,18,21)(H4,16,17,19,20). The average molecular weight is 317 g/mol. The topological polar surface area (TPSA) is 107 Å². The smallest absolute Gasteiger partial charge is 0.225 e. The summed E-state index contributed by atoms with van der Waals surface area (Å²) in [5, 5.41) is 3.40. The quantitative estimate of drug-likeness (QED) is 0.577. The molecule has 2 rings (SSSR count). The van der Waals surface area contributed by atoms with Crippen LogP contribution in [-0.2, 0) is 4.79 Å². The number of carbonyl (C=O) groups excluding carboxylic acids is 1. The van der Waals surface area contributed by atoms with Gasteiger partial charge in [-0.2, -0.15) is 0 Å². The second-order valence-electron chi connectivity index (χ2n) is 4.97. The van der Waals surface area contributed by atoms with Gasteiger partial charge in [0.15, 0.2) is 5.16 Å². The fraction of sp³-hybridized carbons (Fsp3) is 0.267. The van der Waals surface area contributed by atoms with Crippen molar-refractivity contribution in [3.8, 4) is 0 Å². The number of aromatic nitrogens is 2. The van der Waals surface area contributed by atoms with E-state index in [-0.39, 0.29) is 5.91 Å². The van der Waals surface area contributed by atoms with Crippen molar-refractivity contribution in [2.75, 3.05) is 22.5 Å². The maximum Gasteiger partial charge on any atom is 0.225 e. The number of nitrogens with one attached hydrogen (secondary N) is 1. The zero-order chi connectivity index (χ0) is 16.1. The van der Waals surface area contributed by atoms with Gasteiger partial charge in [-0.3, -0.25) is 4.79 Å². The number of nitrogens with two attached hydrogens (primary N) is 2. The average Bonchev–Trinajstić information content (AvgIpc) is 2.42. The molecular formula is C15H19N5OS. The maximum atomic E-state index is 12.0. The Bertz CT molecular complexity index is 669. The van der Waals surface area contributed by atoms with Crippen LogP contribution in [0.4, 0.5) is 17.3 Å². The normalized spacial score (nSPS) is 10.5. The molecule has 0 bridgehead atoms. The monoisotopic (exact) mass is 317 g/mol. The molecule has 0 aliphatic rings. The van der Waals surface area contributed by atoms with E-state index in [9.17, 15) is 4.79 Å². The summed E-state index contributed by atoms with van der Waals surface area (Å²) in [6, 6.07) is 7.46. The van der Waals surface area contributed by atoms with E-state index in [1.54, 1.807) is 0 Å². The molecule has 0 unspecified atom stereocenters. The Balaban J connectivity index is 1.86. The Morgan fingerprint density at radius 3 is 2.55 bits per heavy atom. The number of benzene rings is 1. The van der Waals surface area contributed by atoms with Crippen LogP contribution in [0.5, 0.6) is 0 Å². The summed E-state index contributed by atoms with van der Waals surface area (Å²) in [6.07, 6.45) is 0.357. The minimum atomic E-state index is -0.0434. The van der Waals surface area contributed by atoms with Crippen LogP contribution >= 0.6 is 11.8 Å². The minimum Gasteiger partial charge on any atom is -0.383 e. The third-order valence-corrected chi connectivity index (χ3v) is 3.82. The summed E-state index contributed by atoms with van der Waals surface area (Å²) in [5.41, 5.74) is 14.2. The van der Waals surface area contributed by atoms with Crippen LogP contribution in [0.15, 0.2) is 29.4 Å². The molecule has 0 fully saturated rings. The van der Waals surface area contributed by atoms with E-state index in [1.165, 1.54) is 17.8 Å². The number of nitrogen functional groups attached to an aromatic ring is 2. The van der Waals surface area contributed by atoms with Crippen LogP contribution in [0.1, 0.15) is 17.5 Å². The van der Waals surface area contributed by atoms with Gasteiger partial charge in [0.2, 0.25) is 5.91 Å². The van der Waals surface area contributed by atoms with Gasteiger partial charge in [-0.1, -0.05) is 23.9 Å². The third-order valence-electron chi connectivity index (χ3n) is 2.97. The molecule has 0 atom stereocenters. The van der Waals surface area contributed by atoms with Crippen LogP contribution in [0, 0.1) is 13.8 Å². The predicted molar refractivity (Wildman–Crippen MR) is 90.7 cm³/mol. The van der Waals surface area contributed by atoms with Crippen molar-refractivity contribution in [3.63, 3.8) is 0 Å². The first-order chi connectivity index (χ1) is 10.4. The Morgan fingerprint density at radius 2 is 1.86 bits per heavy atom. The molecule has 5 N–H and O–H groups in total. The number of hydrogen-bond donors (Lipinski definition) is 3. The first-order valence-electron chi connectivity index (χ1n) is 6.84. The molecule has 0 aliphatic heterocycles. The number of rotatable bonds is 5. The molecule has 1 amide bonds. The van der Waals surface area contributed by atoms with Crippen molar-refractivity contribution in [1.82, 2.24) is 9.97 Å². The molecule has 0 radical (unpaired) electrons. The van der Waals surface area contributed by atoms with Gasteiger partial charge in [0, 0.05) is 23.9 Å². The van der Waals surface area contributed by atoms with Crippen molar-refractivity contribution in [2.24, 2.45) is 0 Å². The van der Waals surface area contributed by atoms with E-state index >= 15 is 0 Å². The van der Waals surface area contributed by atoms with Crippen molar-refractivity contribution in [1.29, 1.82) is 0 Å². The van der Waals surface area contributed by atoms with Gasteiger partial charge in [0.25, 0.3) is 0 Å². The Hall–Kier alpha value is -2.28. The highest BCUT2D eigenvalue weighted by Gasteiger charge is 2.07. The summed E-state index contributed by atoms with van der Waals surface area (Å²) in [4.78, 5) is 20.1. The van der Waals surface area contributed by atoms with Crippen LogP contribution in [0.3, 0.4) is 0 Å². The van der Waals surface area contributed by atoms with Gasteiger partial charge in [-0.05, 0) is 31.0 Å². The fourth-order valence-corrected chi connectivity index (χ4v) is 2.65. The van der Waals surface area contributed by atoms with Crippen LogP contribution in [-0.4, -0.2) is 21.6 Å². The molecule has 6 nitrogen and oxygen atoms in total. The summed E-state index contributed by atoms with van der Waals surface area (Å²) in [7, 11) is 0. The third kappa shape index (κ3) is 4.63. The molecule has 1 aromatic heterocycles. The van der Waals surface area contributed by atoms with E-state index in [4.69, 9.17) is 11.5 Å². The summed E-state index contributed by atoms with van der Waals surface area (Å²) in [6.45, 7) is 3.96. The zero-order valence-electron chi connectivity index (χ0n) is 12.6. The summed E-state index contributed by atoms with van der Waals surface area (Å²) in [5.74, 6) is 1.17. The van der Waals surface area contributed by atoms with Gasteiger partial charge in [0.05, 0.1) is 0 Å². The molecule has 0 spiro atoms. The van der Waals surface area contributed by atoms with Crippen molar-refractivity contribution < 1.29 is 4.79 Å². The molecule has 1 aromatic carbocycles. The SMILES string of the molecule is Cc1ccc(C)c(NC(=O)CCSc2nc(N)cc(N)n2)c1. The summed E-state index contributed by atoms with van der Waals surface area (Å²) < 4.78 is 0. The highest BCUT2D eigenvalue weighted by atomic mass is 32.2. The van der Waals surface area contributed by atoms with Gasteiger partial charge in [-0.15, -0.1) is 0 Å². The molecule has 7 heteroatoms. The Kier molecular flexibility index (Phi) is 5.21. The largest absolute Gasteiger partial charge is 0.383 e. The number of hydrogen-bond acceptors (Lipinski definition) is 6. The number of aryl methyl sites for hydroxylation is 2. The van der Waals surface area contributed by atoms with Gasteiger partial charge in [-0.25, -0.2) is 9.97 Å². The molecule has 116 valence electrons. The first-order valence-corrected chi connectivity index (χ1v) is 7.82.